The molecule has 0 aliphatic heterocycles. The Hall–Kier alpha value is -0.710. The number of esters is 1. The van der Waals surface area contributed by atoms with E-state index in [-0.39, 0.29) is 49.1 Å². The number of carbonyl (C=O) groups excluding carboxylic acids is 1. The van der Waals surface area contributed by atoms with Crippen molar-refractivity contribution in [3.8, 4) is 11.5 Å². The Kier molecular flexibility index (Phi) is 8.29. The number of para-hydroxylation sites is 1. The van der Waals surface area contributed by atoms with Gasteiger partial charge in [0.1, 0.15) is 6.61 Å². The van der Waals surface area contributed by atoms with Gasteiger partial charge in [-0.15, -0.1) is 0 Å². The number of hydrogen-bond donors (Lipinski definition) is 0. The van der Waals surface area contributed by atoms with Crippen molar-refractivity contribution in [3.63, 3.8) is 0 Å². The minimum atomic E-state index is -0.365. The molecular weight excluding hydrogens is 334 g/mol. The van der Waals surface area contributed by atoms with E-state index in [4.69, 9.17) is 32.7 Å². The maximum absolute atomic E-state index is 11.5. The number of halogens is 2. The first kappa shape index (κ1) is 19.3. The van der Waals surface area contributed by atoms with Crippen molar-refractivity contribution >= 4 is 29.2 Å². The molecule has 6 heteroatoms. The van der Waals surface area contributed by atoms with Gasteiger partial charge in [0.25, 0.3) is 0 Å². The Bertz CT molecular complexity index is 653. The molecule has 112 valence electrons. The summed E-state index contributed by atoms with van der Waals surface area (Å²) >= 11 is 12.0. The number of ether oxygens (including phenoxy) is 2. The molecular formula is C16H15Cl2NaO3. The van der Waals surface area contributed by atoms with E-state index < -0.39 is 0 Å². The number of rotatable bonds is 5. The maximum Gasteiger partial charge on any atom is 1.00 e. The molecule has 0 bridgehead atoms. The van der Waals surface area contributed by atoms with E-state index >= 15 is 0 Å². The van der Waals surface area contributed by atoms with E-state index in [1.54, 1.807) is 31.2 Å². The van der Waals surface area contributed by atoms with Gasteiger partial charge in [0.15, 0.2) is 11.5 Å². The second kappa shape index (κ2) is 9.43. The molecule has 22 heavy (non-hydrogen) atoms. The molecule has 3 nitrogen and oxygen atoms in total. The summed E-state index contributed by atoms with van der Waals surface area (Å²) in [5.41, 5.74) is 0.912. The SMILES string of the molecule is CCC(=O)Oc1c(Cl)cccc1OCc1cccc(Cl)c1.[H-].[Na+]. The molecule has 0 saturated heterocycles. The normalized spacial score (nSPS) is 9.77. The van der Waals surface area contributed by atoms with Crippen LogP contribution in [0.25, 0.3) is 0 Å². The van der Waals surface area contributed by atoms with E-state index in [0.29, 0.717) is 22.4 Å². The molecule has 0 aromatic heterocycles. The zero-order chi connectivity index (χ0) is 15.2. The molecule has 0 amide bonds. The summed E-state index contributed by atoms with van der Waals surface area (Å²) in [6.07, 6.45) is 0.263. The summed E-state index contributed by atoms with van der Waals surface area (Å²) in [5, 5.41) is 0.972. The van der Waals surface area contributed by atoms with Crippen molar-refractivity contribution in [3.05, 3.63) is 58.1 Å². The molecule has 2 aromatic rings. The van der Waals surface area contributed by atoms with Gasteiger partial charge in [-0.05, 0) is 29.8 Å². The van der Waals surface area contributed by atoms with Gasteiger partial charge in [-0.25, -0.2) is 0 Å². The van der Waals surface area contributed by atoms with Crippen LogP contribution in [0, 0.1) is 0 Å². The zero-order valence-electron chi connectivity index (χ0n) is 13.4. The van der Waals surface area contributed by atoms with Crippen LogP contribution in [0.5, 0.6) is 11.5 Å². The van der Waals surface area contributed by atoms with E-state index in [1.165, 1.54) is 0 Å². The van der Waals surface area contributed by atoms with E-state index in [1.807, 2.05) is 18.2 Å². The van der Waals surface area contributed by atoms with Gasteiger partial charge >= 0.3 is 35.5 Å². The van der Waals surface area contributed by atoms with Gasteiger partial charge in [-0.3, -0.25) is 4.79 Å². The fourth-order valence-electron chi connectivity index (χ4n) is 1.68. The molecule has 0 unspecified atom stereocenters. The van der Waals surface area contributed by atoms with Gasteiger partial charge in [0.2, 0.25) is 0 Å². The van der Waals surface area contributed by atoms with Crippen molar-refractivity contribution in [1.29, 1.82) is 0 Å². The third-order valence-corrected chi connectivity index (χ3v) is 3.25. The molecule has 0 atom stereocenters. The molecule has 0 N–H and O–H groups in total. The van der Waals surface area contributed by atoms with Crippen LogP contribution in [-0.4, -0.2) is 5.97 Å². The predicted molar refractivity (Wildman–Crippen MR) is 84.3 cm³/mol. The van der Waals surface area contributed by atoms with Gasteiger partial charge in [-0.1, -0.05) is 48.3 Å². The fraction of sp³-hybridized carbons (Fsp3) is 0.188. The van der Waals surface area contributed by atoms with Crippen LogP contribution < -0.4 is 39.0 Å². The van der Waals surface area contributed by atoms with Crippen molar-refractivity contribution in [2.75, 3.05) is 0 Å². The third-order valence-electron chi connectivity index (χ3n) is 2.72. The first-order valence-corrected chi connectivity index (χ1v) is 7.22. The first-order chi connectivity index (χ1) is 10.1. The Morgan fingerprint density at radius 1 is 1.18 bits per heavy atom. The number of benzene rings is 2. The van der Waals surface area contributed by atoms with Gasteiger partial charge < -0.3 is 10.9 Å². The number of hydrogen-bond acceptors (Lipinski definition) is 3. The van der Waals surface area contributed by atoms with Crippen molar-refractivity contribution < 1.29 is 45.3 Å². The molecule has 2 aromatic carbocycles. The molecule has 0 aliphatic carbocycles. The Morgan fingerprint density at radius 3 is 2.59 bits per heavy atom. The molecule has 0 saturated carbocycles. The molecule has 2 rings (SSSR count). The zero-order valence-corrected chi connectivity index (χ0v) is 15.9. The van der Waals surface area contributed by atoms with Gasteiger partial charge in [0.05, 0.1) is 5.02 Å². The molecule has 0 aliphatic rings. The van der Waals surface area contributed by atoms with Crippen molar-refractivity contribution in [2.24, 2.45) is 0 Å². The maximum atomic E-state index is 11.5. The van der Waals surface area contributed by atoms with Crippen LogP contribution in [0.4, 0.5) is 0 Å². The van der Waals surface area contributed by atoms with E-state index in [9.17, 15) is 4.79 Å². The minimum Gasteiger partial charge on any atom is -1.00 e. The average molecular weight is 349 g/mol. The van der Waals surface area contributed by atoms with E-state index in [2.05, 4.69) is 0 Å². The number of carbonyl (C=O) groups is 1. The summed E-state index contributed by atoms with van der Waals surface area (Å²) < 4.78 is 10.9. The monoisotopic (exact) mass is 348 g/mol. The van der Waals surface area contributed by atoms with Crippen LogP contribution in [0.15, 0.2) is 42.5 Å². The molecule has 0 spiro atoms. The predicted octanol–water partition coefficient (Wildman–Crippen LogP) is 2.00. The van der Waals surface area contributed by atoms with Crippen molar-refractivity contribution in [1.82, 2.24) is 0 Å². The molecule has 0 radical (unpaired) electrons. The quantitative estimate of drug-likeness (QED) is 0.471. The van der Waals surface area contributed by atoms with Gasteiger partial charge in [0, 0.05) is 11.4 Å². The summed E-state index contributed by atoms with van der Waals surface area (Å²) in [4.78, 5) is 11.5. The molecule has 0 fully saturated rings. The first-order valence-electron chi connectivity index (χ1n) is 6.46. The summed E-state index contributed by atoms with van der Waals surface area (Å²) in [7, 11) is 0. The van der Waals surface area contributed by atoms with Gasteiger partial charge in [-0.2, -0.15) is 0 Å². The van der Waals surface area contributed by atoms with E-state index in [0.717, 1.165) is 5.56 Å². The smallest absolute Gasteiger partial charge is 1.00 e. The van der Waals surface area contributed by atoms with Crippen molar-refractivity contribution in [2.45, 2.75) is 20.0 Å². The third kappa shape index (κ3) is 5.49. The van der Waals surface area contributed by atoms with Crippen LogP contribution in [0.2, 0.25) is 10.0 Å². The minimum absolute atomic E-state index is 0. The average Bonchev–Trinajstić information content (AvgIpc) is 2.47. The van der Waals surface area contributed by atoms with Crippen LogP contribution in [-0.2, 0) is 11.4 Å². The van der Waals surface area contributed by atoms with Crippen LogP contribution in [0.1, 0.15) is 20.3 Å². The largest absolute Gasteiger partial charge is 1.00 e. The Morgan fingerprint density at radius 2 is 1.91 bits per heavy atom. The second-order valence-corrected chi connectivity index (χ2v) is 5.16. The summed E-state index contributed by atoms with van der Waals surface area (Å²) in [5.74, 6) is 0.299. The second-order valence-electron chi connectivity index (χ2n) is 4.31. The summed E-state index contributed by atoms with van der Waals surface area (Å²) in [6.45, 7) is 2.02. The van der Waals surface area contributed by atoms with Crippen LogP contribution >= 0.6 is 23.2 Å². The molecule has 0 heterocycles. The standard InChI is InChI=1S/C16H14Cl2O3.Na.H/c1-2-15(19)21-16-13(18)7-4-8-14(16)20-10-11-5-3-6-12(17)9-11;;/h3-9H,2,10H2,1H3;;/q;+1;-1. The van der Waals surface area contributed by atoms with Crippen LogP contribution in [0.3, 0.4) is 0 Å². The Labute approximate surface area is 163 Å². The topological polar surface area (TPSA) is 35.5 Å². The Balaban J connectivity index is 0.00000242. The fourth-order valence-corrected chi connectivity index (χ4v) is 2.09. The summed E-state index contributed by atoms with van der Waals surface area (Å²) in [6, 6.07) is 12.4.